The van der Waals surface area contributed by atoms with Gasteiger partial charge in [-0.3, -0.25) is 4.79 Å². The second-order valence-corrected chi connectivity index (χ2v) is 9.03. The molecule has 33 heavy (non-hydrogen) atoms. The molecular weight excluding hydrogens is 414 g/mol. The molecule has 176 valence electrons. The fourth-order valence-electron chi connectivity index (χ4n) is 4.35. The third-order valence-electron chi connectivity index (χ3n) is 6.55. The number of amides is 1. The van der Waals surface area contributed by atoms with Crippen molar-refractivity contribution in [1.82, 2.24) is 4.90 Å². The fourth-order valence-corrected chi connectivity index (χ4v) is 4.35. The van der Waals surface area contributed by atoms with E-state index in [4.69, 9.17) is 5.11 Å². The highest BCUT2D eigenvalue weighted by molar-refractivity contribution is 5.87. The number of carboxylic acid groups (broad SMARTS) is 1. The molecule has 5 nitrogen and oxygen atoms in total. The van der Waals surface area contributed by atoms with E-state index in [0.29, 0.717) is 19.4 Å². The van der Waals surface area contributed by atoms with Gasteiger partial charge in [0.25, 0.3) is 0 Å². The number of aliphatic hydroxyl groups excluding tert-OH is 1. The summed E-state index contributed by atoms with van der Waals surface area (Å²) in [7, 11) is 0. The van der Waals surface area contributed by atoms with E-state index in [1.807, 2.05) is 23.1 Å². The van der Waals surface area contributed by atoms with Gasteiger partial charge in [0.05, 0.1) is 17.7 Å². The Morgan fingerprint density at radius 3 is 2.45 bits per heavy atom. The van der Waals surface area contributed by atoms with Crippen LogP contribution in [0.3, 0.4) is 0 Å². The summed E-state index contributed by atoms with van der Waals surface area (Å²) in [5.41, 5.74) is 2.63. The molecule has 0 bridgehead atoms. The normalized spacial score (nSPS) is 18.1. The summed E-state index contributed by atoms with van der Waals surface area (Å²) >= 11 is 0. The Kier molecular flexibility index (Phi) is 9.25. The Labute approximate surface area is 196 Å². The molecule has 1 heterocycles. The van der Waals surface area contributed by atoms with Crippen LogP contribution in [0.5, 0.6) is 0 Å². The molecule has 2 aromatic carbocycles. The summed E-state index contributed by atoms with van der Waals surface area (Å²) in [5, 5.41) is 19.6. The smallest absolute Gasteiger partial charge is 0.335 e. The summed E-state index contributed by atoms with van der Waals surface area (Å²) < 4.78 is 0. The zero-order valence-electron chi connectivity index (χ0n) is 19.4. The lowest BCUT2D eigenvalue weighted by Crippen LogP contribution is -2.34. The van der Waals surface area contributed by atoms with Gasteiger partial charge in [-0.05, 0) is 61.3 Å². The van der Waals surface area contributed by atoms with Gasteiger partial charge in [-0.25, -0.2) is 4.79 Å². The van der Waals surface area contributed by atoms with Crippen molar-refractivity contribution in [1.29, 1.82) is 0 Å². The fraction of sp³-hybridized carbons (Fsp3) is 0.429. The van der Waals surface area contributed by atoms with Crippen LogP contribution < -0.4 is 0 Å². The van der Waals surface area contributed by atoms with Crippen LogP contribution in [0.2, 0.25) is 0 Å². The SMILES string of the molecule is C[C@@H](CCCCc1ccccc1)[C@@H](O)C=C[C@H]1CCC(=O)N1CCc1ccc(C(=O)O)cc1. The Morgan fingerprint density at radius 2 is 1.76 bits per heavy atom. The number of carbonyl (C=O) groups excluding carboxylic acids is 1. The largest absolute Gasteiger partial charge is 0.478 e. The van der Waals surface area contributed by atoms with Crippen molar-refractivity contribution in [2.45, 2.75) is 64.0 Å². The molecule has 1 saturated heterocycles. The number of rotatable bonds is 12. The maximum absolute atomic E-state index is 12.4. The van der Waals surface area contributed by atoms with Crippen molar-refractivity contribution in [3.8, 4) is 0 Å². The zero-order valence-corrected chi connectivity index (χ0v) is 19.4. The highest BCUT2D eigenvalue weighted by Gasteiger charge is 2.29. The van der Waals surface area contributed by atoms with Crippen LogP contribution in [0.4, 0.5) is 0 Å². The van der Waals surface area contributed by atoms with E-state index in [1.54, 1.807) is 24.3 Å². The molecule has 3 atom stereocenters. The predicted molar refractivity (Wildman–Crippen MR) is 130 cm³/mol. The second kappa shape index (κ2) is 12.4. The second-order valence-electron chi connectivity index (χ2n) is 9.03. The highest BCUT2D eigenvalue weighted by Crippen LogP contribution is 2.22. The summed E-state index contributed by atoms with van der Waals surface area (Å²) in [4.78, 5) is 25.2. The van der Waals surface area contributed by atoms with Crippen LogP contribution in [-0.4, -0.2) is 45.7 Å². The maximum Gasteiger partial charge on any atom is 0.335 e. The first-order valence-corrected chi connectivity index (χ1v) is 12.0. The van der Waals surface area contributed by atoms with E-state index in [9.17, 15) is 14.7 Å². The average molecular weight is 450 g/mol. The predicted octanol–water partition coefficient (Wildman–Crippen LogP) is 4.88. The molecule has 1 aliphatic rings. The summed E-state index contributed by atoms with van der Waals surface area (Å²) in [6, 6.07) is 17.3. The lowest BCUT2D eigenvalue weighted by atomic mass is 9.95. The minimum atomic E-state index is -0.939. The minimum Gasteiger partial charge on any atom is -0.478 e. The first kappa shape index (κ1) is 24.7. The molecule has 2 N–H and O–H groups in total. The Hall–Kier alpha value is -2.92. The van der Waals surface area contributed by atoms with E-state index in [-0.39, 0.29) is 23.4 Å². The van der Waals surface area contributed by atoms with Crippen molar-refractivity contribution in [3.05, 3.63) is 83.4 Å². The van der Waals surface area contributed by atoms with Gasteiger partial charge in [-0.1, -0.05) is 68.0 Å². The number of unbranched alkanes of at least 4 members (excludes halogenated alkanes) is 1. The number of carbonyl (C=O) groups is 2. The number of aromatic carboxylic acids is 1. The number of hydrogen-bond donors (Lipinski definition) is 2. The quantitative estimate of drug-likeness (QED) is 0.357. The Bertz CT molecular complexity index is 923. The Morgan fingerprint density at radius 1 is 1.06 bits per heavy atom. The van der Waals surface area contributed by atoms with Crippen LogP contribution in [0.25, 0.3) is 0 Å². The van der Waals surface area contributed by atoms with Gasteiger partial charge in [-0.2, -0.15) is 0 Å². The molecule has 5 heteroatoms. The molecule has 0 saturated carbocycles. The number of aryl methyl sites for hydroxylation is 1. The standard InChI is InChI=1S/C28H35NO4/c1-21(7-5-6-10-22-8-3-2-4-9-22)26(30)17-15-25-16-18-27(31)29(25)20-19-23-11-13-24(14-12-23)28(32)33/h2-4,8-9,11-15,17,21,25-26,30H,5-7,10,16,18-20H2,1H3,(H,32,33)/t21-,25-,26-/m0/s1. The monoisotopic (exact) mass is 449 g/mol. The highest BCUT2D eigenvalue weighted by atomic mass is 16.4. The molecule has 1 amide bonds. The topological polar surface area (TPSA) is 77.8 Å². The molecule has 0 spiro atoms. The van der Waals surface area contributed by atoms with Gasteiger partial charge in [-0.15, -0.1) is 0 Å². The van der Waals surface area contributed by atoms with E-state index in [0.717, 1.165) is 37.7 Å². The molecule has 3 rings (SSSR count). The molecule has 1 fully saturated rings. The van der Waals surface area contributed by atoms with Crippen LogP contribution in [0, 0.1) is 5.92 Å². The summed E-state index contributed by atoms with van der Waals surface area (Å²) in [5.74, 6) is -0.629. The van der Waals surface area contributed by atoms with E-state index < -0.39 is 12.1 Å². The molecule has 0 aliphatic carbocycles. The first-order valence-electron chi connectivity index (χ1n) is 12.0. The van der Waals surface area contributed by atoms with Crippen LogP contribution in [0.15, 0.2) is 66.7 Å². The summed E-state index contributed by atoms with van der Waals surface area (Å²) in [6.45, 7) is 2.67. The summed E-state index contributed by atoms with van der Waals surface area (Å²) in [6.07, 6.45) is 9.54. The van der Waals surface area contributed by atoms with Gasteiger partial charge >= 0.3 is 5.97 Å². The van der Waals surface area contributed by atoms with Crippen molar-refractivity contribution in [2.24, 2.45) is 5.92 Å². The number of carboxylic acids is 1. The molecule has 0 unspecified atom stereocenters. The van der Waals surface area contributed by atoms with E-state index in [1.165, 1.54) is 5.56 Å². The Balaban J connectivity index is 1.43. The van der Waals surface area contributed by atoms with Gasteiger partial charge in [0.15, 0.2) is 0 Å². The third kappa shape index (κ3) is 7.57. The average Bonchev–Trinajstić information content (AvgIpc) is 3.18. The van der Waals surface area contributed by atoms with Crippen LogP contribution in [-0.2, 0) is 17.6 Å². The molecule has 2 aromatic rings. The molecule has 0 aromatic heterocycles. The number of likely N-dealkylation sites (tertiary alicyclic amines) is 1. The maximum atomic E-state index is 12.4. The molecule has 0 radical (unpaired) electrons. The zero-order chi connectivity index (χ0) is 23.6. The number of benzene rings is 2. The number of hydrogen-bond acceptors (Lipinski definition) is 3. The molecule has 1 aliphatic heterocycles. The van der Waals surface area contributed by atoms with Crippen LogP contribution in [0.1, 0.15) is 60.5 Å². The van der Waals surface area contributed by atoms with Crippen molar-refractivity contribution >= 4 is 11.9 Å². The first-order chi connectivity index (χ1) is 15.9. The number of aliphatic hydroxyl groups is 1. The van der Waals surface area contributed by atoms with Crippen molar-refractivity contribution in [3.63, 3.8) is 0 Å². The van der Waals surface area contributed by atoms with Gasteiger partial charge in [0, 0.05) is 13.0 Å². The van der Waals surface area contributed by atoms with Crippen molar-refractivity contribution < 1.29 is 19.8 Å². The van der Waals surface area contributed by atoms with Crippen molar-refractivity contribution in [2.75, 3.05) is 6.54 Å². The number of nitrogens with zero attached hydrogens (tertiary/aromatic N) is 1. The van der Waals surface area contributed by atoms with Gasteiger partial charge in [0.1, 0.15) is 0 Å². The van der Waals surface area contributed by atoms with Gasteiger partial charge in [0.2, 0.25) is 5.91 Å². The minimum absolute atomic E-state index is 0.00993. The lowest BCUT2D eigenvalue weighted by Gasteiger charge is -2.23. The van der Waals surface area contributed by atoms with E-state index in [2.05, 4.69) is 31.2 Å². The van der Waals surface area contributed by atoms with Crippen LogP contribution >= 0.6 is 0 Å². The lowest BCUT2D eigenvalue weighted by molar-refractivity contribution is -0.128. The third-order valence-corrected chi connectivity index (χ3v) is 6.55. The molecular formula is C28H35NO4. The van der Waals surface area contributed by atoms with E-state index >= 15 is 0 Å². The van der Waals surface area contributed by atoms with Gasteiger partial charge < -0.3 is 15.1 Å².